The van der Waals surface area contributed by atoms with E-state index in [4.69, 9.17) is 16.3 Å². The number of urea groups is 1. The highest BCUT2D eigenvalue weighted by atomic mass is 35.5. The summed E-state index contributed by atoms with van der Waals surface area (Å²) in [5.41, 5.74) is 2.59. The number of ether oxygens (including phenoxy) is 1. The third-order valence-corrected chi connectivity index (χ3v) is 7.15. The molecule has 8 heteroatoms. The Morgan fingerprint density at radius 3 is 2.69 bits per heavy atom. The molecule has 4 heterocycles. The molecule has 4 aliphatic heterocycles. The first kappa shape index (κ1) is 19.2. The van der Waals surface area contributed by atoms with Crippen molar-refractivity contribution in [2.75, 3.05) is 32.8 Å². The van der Waals surface area contributed by atoms with Gasteiger partial charge >= 0.3 is 6.03 Å². The van der Waals surface area contributed by atoms with Crippen LogP contribution in [0.15, 0.2) is 18.2 Å². The second kappa shape index (κ2) is 7.78. The maximum absolute atomic E-state index is 13.0. The number of morpholine rings is 1. The largest absolute Gasteiger partial charge is 0.366 e. The number of halogens is 1. The SMILES string of the molecule is O=C1CO[C@H]2CCN(C(=O)N3CCC(N4Cc5cccc(Cl)c5C4)CC3)C[C@H]2N1. The lowest BCUT2D eigenvalue weighted by Crippen LogP contribution is -2.62. The first-order chi connectivity index (χ1) is 14.1. The zero-order valence-electron chi connectivity index (χ0n) is 16.5. The van der Waals surface area contributed by atoms with E-state index in [0.717, 1.165) is 50.5 Å². The van der Waals surface area contributed by atoms with Gasteiger partial charge in [-0.1, -0.05) is 23.7 Å². The number of rotatable bonds is 1. The van der Waals surface area contributed by atoms with E-state index in [9.17, 15) is 9.59 Å². The van der Waals surface area contributed by atoms with Crippen LogP contribution in [0.2, 0.25) is 5.02 Å². The smallest absolute Gasteiger partial charge is 0.320 e. The topological polar surface area (TPSA) is 65.1 Å². The van der Waals surface area contributed by atoms with Crippen LogP contribution < -0.4 is 5.32 Å². The Morgan fingerprint density at radius 1 is 1.10 bits per heavy atom. The average molecular weight is 419 g/mol. The summed E-state index contributed by atoms with van der Waals surface area (Å²) in [6.07, 6.45) is 2.78. The lowest BCUT2D eigenvalue weighted by atomic mass is 10.00. The van der Waals surface area contributed by atoms with Crippen molar-refractivity contribution in [2.45, 2.75) is 50.5 Å². The first-order valence-corrected chi connectivity index (χ1v) is 10.9. The molecule has 4 aliphatic rings. The quantitative estimate of drug-likeness (QED) is 0.755. The zero-order valence-corrected chi connectivity index (χ0v) is 17.2. The summed E-state index contributed by atoms with van der Waals surface area (Å²) in [7, 11) is 0. The number of nitrogens with zero attached hydrogens (tertiary/aromatic N) is 3. The highest BCUT2D eigenvalue weighted by molar-refractivity contribution is 6.31. The number of likely N-dealkylation sites (tertiary alicyclic amines) is 2. The molecule has 7 nitrogen and oxygen atoms in total. The molecular weight excluding hydrogens is 392 g/mol. The Bertz CT molecular complexity index is 811. The van der Waals surface area contributed by atoms with Crippen LogP contribution in [-0.4, -0.2) is 77.6 Å². The van der Waals surface area contributed by atoms with Crippen LogP contribution >= 0.6 is 11.6 Å². The highest BCUT2D eigenvalue weighted by Gasteiger charge is 2.38. The third kappa shape index (κ3) is 3.71. The minimum absolute atomic E-state index is 0.0334. The first-order valence-electron chi connectivity index (χ1n) is 10.5. The zero-order chi connectivity index (χ0) is 20.0. The van der Waals surface area contributed by atoms with Crippen LogP contribution in [0.1, 0.15) is 30.4 Å². The van der Waals surface area contributed by atoms with E-state index in [2.05, 4.69) is 16.3 Å². The molecule has 0 radical (unpaired) electrons. The molecule has 0 aromatic heterocycles. The number of piperidine rings is 2. The van der Waals surface area contributed by atoms with Gasteiger partial charge in [-0.25, -0.2) is 4.79 Å². The second-order valence-corrected chi connectivity index (χ2v) is 8.95. The summed E-state index contributed by atoms with van der Waals surface area (Å²) in [5.74, 6) is -0.0897. The Kier molecular flexibility index (Phi) is 5.14. The summed E-state index contributed by atoms with van der Waals surface area (Å²) in [6, 6.07) is 6.65. The number of amides is 3. The van der Waals surface area contributed by atoms with Crippen molar-refractivity contribution in [2.24, 2.45) is 0 Å². The van der Waals surface area contributed by atoms with Gasteiger partial charge in [0, 0.05) is 50.3 Å². The van der Waals surface area contributed by atoms with Crippen molar-refractivity contribution in [1.29, 1.82) is 0 Å². The van der Waals surface area contributed by atoms with Crippen molar-refractivity contribution in [3.8, 4) is 0 Å². The van der Waals surface area contributed by atoms with Gasteiger partial charge in [0.15, 0.2) is 0 Å². The molecule has 3 fully saturated rings. The number of benzene rings is 1. The lowest BCUT2D eigenvalue weighted by molar-refractivity contribution is -0.139. The van der Waals surface area contributed by atoms with E-state index in [1.807, 2.05) is 21.9 Å². The van der Waals surface area contributed by atoms with E-state index in [1.54, 1.807) is 0 Å². The molecule has 2 atom stereocenters. The molecule has 1 N–H and O–H groups in total. The normalized spacial score (nSPS) is 28.1. The Hall–Kier alpha value is -1.83. The molecule has 3 amide bonds. The van der Waals surface area contributed by atoms with Crippen molar-refractivity contribution < 1.29 is 14.3 Å². The number of hydrogen-bond donors (Lipinski definition) is 1. The Labute approximate surface area is 175 Å². The van der Waals surface area contributed by atoms with Crippen LogP contribution in [0.4, 0.5) is 4.79 Å². The van der Waals surface area contributed by atoms with Crippen molar-refractivity contribution >= 4 is 23.5 Å². The third-order valence-electron chi connectivity index (χ3n) is 6.80. The summed E-state index contributed by atoms with van der Waals surface area (Å²) in [4.78, 5) is 31.0. The van der Waals surface area contributed by atoms with Gasteiger partial charge in [-0.15, -0.1) is 0 Å². The number of carbonyl (C=O) groups is 2. The van der Waals surface area contributed by atoms with Gasteiger partial charge in [-0.2, -0.15) is 0 Å². The summed E-state index contributed by atoms with van der Waals surface area (Å²) >= 11 is 6.36. The van der Waals surface area contributed by atoms with Gasteiger partial charge in [-0.05, 0) is 36.5 Å². The average Bonchev–Trinajstić information content (AvgIpc) is 3.18. The fraction of sp³-hybridized carbons (Fsp3) is 0.619. The van der Waals surface area contributed by atoms with Gasteiger partial charge in [0.05, 0.1) is 12.1 Å². The van der Waals surface area contributed by atoms with E-state index < -0.39 is 0 Å². The predicted molar refractivity (Wildman–Crippen MR) is 109 cm³/mol. The fourth-order valence-electron chi connectivity index (χ4n) is 5.16. The van der Waals surface area contributed by atoms with E-state index in [0.29, 0.717) is 19.1 Å². The van der Waals surface area contributed by atoms with E-state index in [-0.39, 0.29) is 30.7 Å². The van der Waals surface area contributed by atoms with Crippen LogP contribution in [0, 0.1) is 0 Å². The molecule has 0 aliphatic carbocycles. The Morgan fingerprint density at radius 2 is 1.90 bits per heavy atom. The molecule has 5 rings (SSSR count). The molecule has 3 saturated heterocycles. The minimum Gasteiger partial charge on any atom is -0.366 e. The maximum atomic E-state index is 13.0. The van der Waals surface area contributed by atoms with Gasteiger partial charge < -0.3 is 19.9 Å². The van der Waals surface area contributed by atoms with Crippen LogP contribution in [0.3, 0.4) is 0 Å². The summed E-state index contributed by atoms with van der Waals surface area (Å²) in [6.45, 7) is 4.76. The monoisotopic (exact) mass is 418 g/mol. The number of carbonyl (C=O) groups excluding carboxylic acids is 2. The van der Waals surface area contributed by atoms with Gasteiger partial charge in [0.1, 0.15) is 6.61 Å². The molecule has 0 unspecified atom stereocenters. The molecule has 0 bridgehead atoms. The lowest BCUT2D eigenvalue weighted by Gasteiger charge is -2.44. The summed E-state index contributed by atoms with van der Waals surface area (Å²) in [5, 5.41) is 3.83. The highest BCUT2D eigenvalue weighted by Crippen LogP contribution is 2.32. The predicted octanol–water partition coefficient (Wildman–Crippen LogP) is 1.83. The standard InChI is InChI=1S/C21H27ClN4O3/c22-17-3-1-2-14-10-26(11-16(14)17)15-4-7-24(8-5-15)21(28)25-9-6-19-18(12-25)23-20(27)13-29-19/h1-3,15,18-19H,4-13H2,(H,23,27)/t18-,19+/m1/s1. The number of fused-ring (bicyclic) bond motifs is 2. The maximum Gasteiger partial charge on any atom is 0.320 e. The molecule has 0 saturated carbocycles. The van der Waals surface area contributed by atoms with Crippen LogP contribution in [-0.2, 0) is 22.6 Å². The van der Waals surface area contributed by atoms with E-state index in [1.165, 1.54) is 11.1 Å². The molecule has 0 spiro atoms. The molecule has 1 aromatic rings. The van der Waals surface area contributed by atoms with Crippen molar-refractivity contribution in [3.63, 3.8) is 0 Å². The second-order valence-electron chi connectivity index (χ2n) is 8.54. The molecule has 156 valence electrons. The van der Waals surface area contributed by atoms with Crippen molar-refractivity contribution in [1.82, 2.24) is 20.0 Å². The van der Waals surface area contributed by atoms with Gasteiger partial charge in [0.25, 0.3) is 0 Å². The van der Waals surface area contributed by atoms with Crippen LogP contribution in [0.25, 0.3) is 0 Å². The molecule has 1 aromatic carbocycles. The minimum atomic E-state index is -0.0897. The van der Waals surface area contributed by atoms with Gasteiger partial charge in [-0.3, -0.25) is 9.69 Å². The molecule has 29 heavy (non-hydrogen) atoms. The Balaban J connectivity index is 1.15. The fourth-order valence-corrected chi connectivity index (χ4v) is 5.41. The van der Waals surface area contributed by atoms with Crippen molar-refractivity contribution in [3.05, 3.63) is 34.3 Å². The van der Waals surface area contributed by atoms with Gasteiger partial charge in [0.2, 0.25) is 5.91 Å². The van der Waals surface area contributed by atoms with E-state index >= 15 is 0 Å². The molecular formula is C21H27ClN4O3. The number of nitrogens with one attached hydrogen (secondary N) is 1. The van der Waals surface area contributed by atoms with Crippen LogP contribution in [0.5, 0.6) is 0 Å². The summed E-state index contributed by atoms with van der Waals surface area (Å²) < 4.78 is 5.60. The number of hydrogen-bond acceptors (Lipinski definition) is 4.